The molecule has 2 nitrogen and oxygen atoms in total. The van der Waals surface area contributed by atoms with Gasteiger partial charge in [-0.15, -0.1) is 0 Å². The maximum Gasteiger partial charge on any atom is 0.153 e. The van der Waals surface area contributed by atoms with Crippen molar-refractivity contribution in [1.82, 2.24) is 4.90 Å². The predicted octanol–water partition coefficient (Wildman–Crippen LogP) is 3.79. The van der Waals surface area contributed by atoms with E-state index in [0.29, 0.717) is 11.7 Å². The summed E-state index contributed by atoms with van der Waals surface area (Å²) >= 11 is 0. The van der Waals surface area contributed by atoms with E-state index >= 15 is 0 Å². The molecular formula is C16H29NO. The van der Waals surface area contributed by atoms with Crippen LogP contribution in [0.4, 0.5) is 0 Å². The second-order valence-corrected chi connectivity index (χ2v) is 6.24. The molecule has 0 bridgehead atoms. The van der Waals surface area contributed by atoms with Crippen molar-refractivity contribution in [2.75, 3.05) is 13.1 Å². The molecule has 1 saturated carbocycles. The van der Waals surface area contributed by atoms with Crippen molar-refractivity contribution < 1.29 is 4.79 Å². The minimum Gasteiger partial charge on any atom is -0.298 e. The van der Waals surface area contributed by atoms with Gasteiger partial charge in [-0.3, -0.25) is 9.69 Å². The van der Waals surface area contributed by atoms with Crippen LogP contribution in [-0.4, -0.2) is 29.3 Å². The average Bonchev–Trinajstić information content (AvgIpc) is 3.05. The Morgan fingerprint density at radius 2 is 1.61 bits per heavy atom. The normalized spacial score (nSPS) is 23.9. The molecule has 18 heavy (non-hydrogen) atoms. The van der Waals surface area contributed by atoms with Crippen LogP contribution in [-0.2, 0) is 4.79 Å². The molecule has 2 aliphatic rings. The van der Waals surface area contributed by atoms with E-state index < -0.39 is 0 Å². The molecule has 1 aliphatic carbocycles. The van der Waals surface area contributed by atoms with Gasteiger partial charge in [0.25, 0.3) is 0 Å². The van der Waals surface area contributed by atoms with Gasteiger partial charge in [0.05, 0.1) is 5.54 Å². The second kappa shape index (κ2) is 6.18. The summed E-state index contributed by atoms with van der Waals surface area (Å²) in [6.07, 6.45) is 10.5. The number of nitrogens with zero attached hydrogens (tertiary/aromatic N) is 1. The minimum atomic E-state index is -0.0426. The van der Waals surface area contributed by atoms with Gasteiger partial charge in [-0.05, 0) is 44.7 Å². The largest absolute Gasteiger partial charge is 0.298 e. The Balaban J connectivity index is 2.06. The van der Waals surface area contributed by atoms with Crippen LogP contribution >= 0.6 is 0 Å². The van der Waals surface area contributed by atoms with E-state index in [2.05, 4.69) is 18.7 Å². The molecule has 0 N–H and O–H groups in total. The molecule has 0 atom stereocenters. The molecule has 0 radical (unpaired) electrons. The first kappa shape index (κ1) is 14.0. The summed E-state index contributed by atoms with van der Waals surface area (Å²) in [6, 6.07) is 0. The molecule has 0 aromatic heterocycles. The van der Waals surface area contributed by atoms with Crippen LogP contribution in [0.2, 0.25) is 0 Å². The van der Waals surface area contributed by atoms with Gasteiger partial charge < -0.3 is 0 Å². The van der Waals surface area contributed by atoms with Gasteiger partial charge >= 0.3 is 0 Å². The lowest BCUT2D eigenvalue weighted by Gasteiger charge is -2.38. The van der Waals surface area contributed by atoms with Crippen LogP contribution in [0.3, 0.4) is 0 Å². The Bertz CT molecular complexity index is 271. The van der Waals surface area contributed by atoms with Crippen molar-refractivity contribution in [3.63, 3.8) is 0 Å². The Hall–Kier alpha value is -0.370. The second-order valence-electron chi connectivity index (χ2n) is 6.24. The lowest BCUT2D eigenvalue weighted by atomic mass is 9.83. The molecule has 0 amide bonds. The highest BCUT2D eigenvalue weighted by Gasteiger charge is 2.46. The van der Waals surface area contributed by atoms with Crippen LogP contribution in [0, 0.1) is 5.92 Å². The number of hydrogen-bond acceptors (Lipinski definition) is 2. The average molecular weight is 251 g/mol. The molecule has 0 aromatic rings. The van der Waals surface area contributed by atoms with Crippen molar-refractivity contribution in [2.24, 2.45) is 5.92 Å². The van der Waals surface area contributed by atoms with Crippen molar-refractivity contribution in [3.05, 3.63) is 0 Å². The highest BCUT2D eigenvalue weighted by Crippen LogP contribution is 2.39. The van der Waals surface area contributed by atoms with E-state index in [-0.39, 0.29) is 5.54 Å². The van der Waals surface area contributed by atoms with Crippen molar-refractivity contribution in [2.45, 2.75) is 77.2 Å². The van der Waals surface area contributed by atoms with Gasteiger partial charge in [0, 0.05) is 6.42 Å². The summed E-state index contributed by atoms with van der Waals surface area (Å²) in [5, 5.41) is 0. The molecule has 1 saturated heterocycles. The molecule has 1 heterocycles. The Morgan fingerprint density at radius 1 is 1.06 bits per heavy atom. The Kier molecular flexibility index (Phi) is 4.83. The predicted molar refractivity (Wildman–Crippen MR) is 75.7 cm³/mol. The summed E-state index contributed by atoms with van der Waals surface area (Å²) in [6.45, 7) is 6.76. The van der Waals surface area contributed by atoms with Crippen LogP contribution in [0.1, 0.15) is 71.6 Å². The number of rotatable bonds is 6. The minimum absolute atomic E-state index is 0.0426. The van der Waals surface area contributed by atoms with Crippen molar-refractivity contribution >= 4 is 5.78 Å². The van der Waals surface area contributed by atoms with E-state index in [1.54, 1.807) is 0 Å². The summed E-state index contributed by atoms with van der Waals surface area (Å²) in [5.41, 5.74) is -0.0426. The van der Waals surface area contributed by atoms with Gasteiger partial charge in [-0.2, -0.15) is 0 Å². The van der Waals surface area contributed by atoms with Crippen LogP contribution < -0.4 is 0 Å². The van der Waals surface area contributed by atoms with E-state index in [1.807, 2.05) is 0 Å². The highest BCUT2D eigenvalue weighted by atomic mass is 16.1. The molecule has 104 valence electrons. The molecule has 2 rings (SSSR count). The van der Waals surface area contributed by atoms with Gasteiger partial charge in [0.15, 0.2) is 5.78 Å². The van der Waals surface area contributed by atoms with Crippen LogP contribution in [0.25, 0.3) is 0 Å². The summed E-state index contributed by atoms with van der Waals surface area (Å²) in [7, 11) is 0. The summed E-state index contributed by atoms with van der Waals surface area (Å²) in [5.74, 6) is 1.17. The molecule has 2 heteroatoms. The molecule has 0 aromatic carbocycles. The number of hydrogen-bond donors (Lipinski definition) is 0. The van der Waals surface area contributed by atoms with Crippen LogP contribution in [0.5, 0.6) is 0 Å². The Morgan fingerprint density at radius 3 is 2.11 bits per heavy atom. The quantitative estimate of drug-likeness (QED) is 0.716. The SMILES string of the molecule is CCC(CC)CC(=O)C1(N2CCCC2)CCCC1. The number of carbonyl (C=O) groups is 1. The first-order valence-electron chi connectivity index (χ1n) is 8.01. The number of likely N-dealkylation sites (tertiary alicyclic amines) is 1. The van der Waals surface area contributed by atoms with E-state index in [0.717, 1.165) is 45.2 Å². The molecular weight excluding hydrogens is 222 g/mol. The Labute approximate surface area is 112 Å². The molecule has 0 unspecified atom stereocenters. The maximum atomic E-state index is 12.8. The fourth-order valence-corrected chi connectivity index (χ4v) is 3.91. The zero-order valence-corrected chi connectivity index (χ0v) is 12.2. The number of ketones is 1. The van der Waals surface area contributed by atoms with Gasteiger partial charge in [-0.1, -0.05) is 39.5 Å². The summed E-state index contributed by atoms with van der Waals surface area (Å²) < 4.78 is 0. The van der Waals surface area contributed by atoms with Gasteiger partial charge in [0.2, 0.25) is 0 Å². The molecule has 1 aliphatic heterocycles. The zero-order valence-electron chi connectivity index (χ0n) is 12.2. The van der Waals surface area contributed by atoms with Crippen molar-refractivity contribution in [3.8, 4) is 0 Å². The third kappa shape index (κ3) is 2.64. The smallest absolute Gasteiger partial charge is 0.153 e. The van der Waals surface area contributed by atoms with E-state index in [1.165, 1.54) is 25.7 Å². The monoisotopic (exact) mass is 251 g/mol. The molecule has 2 fully saturated rings. The lowest BCUT2D eigenvalue weighted by molar-refractivity contribution is -0.131. The number of Topliss-reactive ketones (excluding diaryl/α,β-unsaturated/α-hetero) is 1. The van der Waals surface area contributed by atoms with Gasteiger partial charge in [-0.25, -0.2) is 0 Å². The van der Waals surface area contributed by atoms with E-state index in [9.17, 15) is 4.79 Å². The van der Waals surface area contributed by atoms with Crippen molar-refractivity contribution in [1.29, 1.82) is 0 Å². The fourth-order valence-electron chi connectivity index (χ4n) is 3.91. The maximum absolute atomic E-state index is 12.8. The zero-order chi connectivity index (χ0) is 13.0. The van der Waals surface area contributed by atoms with Crippen LogP contribution in [0.15, 0.2) is 0 Å². The first-order valence-corrected chi connectivity index (χ1v) is 8.01. The lowest BCUT2D eigenvalue weighted by Crippen LogP contribution is -2.51. The first-order chi connectivity index (χ1) is 8.73. The molecule has 0 spiro atoms. The highest BCUT2D eigenvalue weighted by molar-refractivity contribution is 5.89. The fraction of sp³-hybridized carbons (Fsp3) is 0.938. The van der Waals surface area contributed by atoms with Gasteiger partial charge in [0.1, 0.15) is 0 Å². The third-order valence-corrected chi connectivity index (χ3v) is 5.29. The number of carbonyl (C=O) groups excluding carboxylic acids is 1. The topological polar surface area (TPSA) is 20.3 Å². The summed E-state index contributed by atoms with van der Waals surface area (Å²) in [4.78, 5) is 15.4. The van der Waals surface area contributed by atoms with E-state index in [4.69, 9.17) is 0 Å². The third-order valence-electron chi connectivity index (χ3n) is 5.29. The standard InChI is InChI=1S/C16H29NO/c1-3-14(4-2)13-15(18)16(9-5-6-10-16)17-11-7-8-12-17/h14H,3-13H2,1-2H3.